The predicted octanol–water partition coefficient (Wildman–Crippen LogP) is 2.49. The van der Waals surface area contributed by atoms with Crippen LogP contribution in [0.1, 0.15) is 41.6 Å². The van der Waals surface area contributed by atoms with Crippen molar-refractivity contribution in [3.05, 3.63) is 71.8 Å². The van der Waals surface area contributed by atoms with Crippen LogP contribution in [0.15, 0.2) is 60.7 Å². The van der Waals surface area contributed by atoms with E-state index in [1.165, 1.54) is 0 Å². The van der Waals surface area contributed by atoms with Crippen molar-refractivity contribution in [2.24, 2.45) is 0 Å². The van der Waals surface area contributed by atoms with Gasteiger partial charge in [-0.05, 0) is 43.4 Å². The molecule has 2 aliphatic heterocycles. The van der Waals surface area contributed by atoms with Crippen molar-refractivity contribution in [2.45, 2.75) is 50.4 Å². The molecule has 34 heavy (non-hydrogen) atoms. The zero-order valence-corrected chi connectivity index (χ0v) is 20.4. The number of nitrogens with one attached hydrogen (secondary N) is 1. The number of hydrogen-bond acceptors (Lipinski definition) is 5. The maximum absolute atomic E-state index is 12.8. The molecule has 0 spiro atoms. The molecule has 2 amide bonds. The van der Waals surface area contributed by atoms with Crippen molar-refractivity contribution < 1.29 is 18.0 Å². The van der Waals surface area contributed by atoms with Crippen LogP contribution in [0.25, 0.3) is 0 Å². The van der Waals surface area contributed by atoms with Gasteiger partial charge in [0.15, 0.2) is 9.84 Å². The molecule has 2 heterocycles. The molecule has 0 radical (unpaired) electrons. The van der Waals surface area contributed by atoms with Gasteiger partial charge in [-0.15, -0.1) is 0 Å². The van der Waals surface area contributed by atoms with Crippen LogP contribution < -0.4 is 5.32 Å². The Morgan fingerprint density at radius 3 is 2.15 bits per heavy atom. The third-order valence-electron chi connectivity index (χ3n) is 6.84. The summed E-state index contributed by atoms with van der Waals surface area (Å²) in [5.74, 6) is -0.858. The summed E-state index contributed by atoms with van der Waals surface area (Å²) in [6.45, 7) is 1.59. The Morgan fingerprint density at radius 1 is 0.971 bits per heavy atom. The van der Waals surface area contributed by atoms with E-state index in [4.69, 9.17) is 0 Å². The number of carbonyl (C=O) groups is 2. The molecule has 182 valence electrons. The van der Waals surface area contributed by atoms with Gasteiger partial charge >= 0.3 is 0 Å². The number of benzene rings is 2. The third kappa shape index (κ3) is 6.45. The van der Waals surface area contributed by atoms with Crippen molar-refractivity contribution >= 4 is 21.7 Å². The van der Waals surface area contributed by atoms with E-state index in [1.807, 2.05) is 60.7 Å². The first-order valence-corrected chi connectivity index (χ1v) is 14.0. The van der Waals surface area contributed by atoms with Crippen LogP contribution in [0.3, 0.4) is 0 Å². The van der Waals surface area contributed by atoms with E-state index in [9.17, 15) is 18.0 Å². The van der Waals surface area contributed by atoms with Crippen molar-refractivity contribution in [1.29, 1.82) is 0 Å². The van der Waals surface area contributed by atoms with Crippen LogP contribution in [0, 0.1) is 0 Å². The maximum atomic E-state index is 12.8. The monoisotopic (exact) mass is 483 g/mol. The van der Waals surface area contributed by atoms with Crippen LogP contribution in [-0.4, -0.2) is 73.3 Å². The maximum Gasteiger partial charge on any atom is 0.251 e. The number of carbonyl (C=O) groups excluding carboxylic acids is 2. The van der Waals surface area contributed by atoms with E-state index in [2.05, 4.69) is 10.2 Å². The molecule has 2 aromatic rings. The molecule has 0 aliphatic carbocycles. The topological polar surface area (TPSA) is 86.8 Å². The first-order valence-electron chi connectivity index (χ1n) is 11.9. The van der Waals surface area contributed by atoms with Crippen molar-refractivity contribution in [2.75, 3.05) is 25.1 Å². The smallest absolute Gasteiger partial charge is 0.251 e. The fourth-order valence-electron chi connectivity index (χ4n) is 5.26. The second-order valence-electron chi connectivity index (χ2n) is 9.50. The Balaban J connectivity index is 1.36. The van der Waals surface area contributed by atoms with Gasteiger partial charge in [-0.25, -0.2) is 8.42 Å². The van der Waals surface area contributed by atoms with Gasteiger partial charge in [0.05, 0.1) is 0 Å². The van der Waals surface area contributed by atoms with Crippen molar-refractivity contribution in [3.8, 4) is 0 Å². The number of amides is 2. The summed E-state index contributed by atoms with van der Waals surface area (Å²) < 4.78 is 23.5. The number of piperidine rings is 1. The van der Waals surface area contributed by atoms with Gasteiger partial charge in [0.1, 0.15) is 5.75 Å². The van der Waals surface area contributed by atoms with Crippen LogP contribution >= 0.6 is 0 Å². The van der Waals surface area contributed by atoms with Gasteiger partial charge in [0.25, 0.3) is 5.91 Å². The third-order valence-corrected chi connectivity index (χ3v) is 7.61. The van der Waals surface area contributed by atoms with E-state index >= 15 is 0 Å². The molecule has 8 heteroatoms. The molecule has 0 saturated carbocycles. The van der Waals surface area contributed by atoms with E-state index in [0.29, 0.717) is 37.3 Å². The van der Waals surface area contributed by atoms with E-state index in [1.54, 1.807) is 4.90 Å². The number of fused-ring (bicyclic) bond motifs is 2. The zero-order chi connectivity index (χ0) is 24.1. The minimum Gasteiger partial charge on any atom is -0.349 e. The van der Waals surface area contributed by atoms with Gasteiger partial charge in [-0.3, -0.25) is 14.5 Å². The normalized spacial score (nSPS) is 22.3. The Kier molecular flexibility index (Phi) is 7.68. The Bertz CT molecular complexity index is 1080. The second kappa shape index (κ2) is 10.7. The van der Waals surface area contributed by atoms with Gasteiger partial charge in [-0.2, -0.15) is 0 Å². The summed E-state index contributed by atoms with van der Waals surface area (Å²) in [6.07, 6.45) is 5.05. The second-order valence-corrected chi connectivity index (χ2v) is 11.6. The quantitative estimate of drug-likeness (QED) is 0.592. The average molecular weight is 484 g/mol. The first kappa shape index (κ1) is 24.4. The van der Waals surface area contributed by atoms with Crippen LogP contribution in [0.4, 0.5) is 0 Å². The largest absolute Gasteiger partial charge is 0.349 e. The molecular formula is C26H33N3O4S. The minimum absolute atomic E-state index is 0.0288. The number of nitrogens with zero attached hydrogens (tertiary/aromatic N) is 2. The highest BCUT2D eigenvalue weighted by Crippen LogP contribution is 2.35. The highest BCUT2D eigenvalue weighted by atomic mass is 32.2. The lowest BCUT2D eigenvalue weighted by Gasteiger charge is -2.40. The highest BCUT2D eigenvalue weighted by molar-refractivity contribution is 7.91. The number of sulfone groups is 1. The molecule has 2 aromatic carbocycles. The van der Waals surface area contributed by atoms with Crippen molar-refractivity contribution in [3.63, 3.8) is 0 Å². The molecule has 2 unspecified atom stereocenters. The van der Waals surface area contributed by atoms with Gasteiger partial charge in [0.2, 0.25) is 5.91 Å². The summed E-state index contributed by atoms with van der Waals surface area (Å²) in [5, 5.41) is 3.20. The van der Waals surface area contributed by atoms with Gasteiger partial charge in [-0.1, -0.05) is 48.5 Å². The van der Waals surface area contributed by atoms with Crippen LogP contribution in [0.5, 0.6) is 0 Å². The summed E-state index contributed by atoms with van der Waals surface area (Å²) >= 11 is 0. The summed E-state index contributed by atoms with van der Waals surface area (Å²) in [5.41, 5.74) is 1.66. The van der Waals surface area contributed by atoms with E-state index < -0.39 is 15.6 Å². The summed E-state index contributed by atoms with van der Waals surface area (Å²) in [7, 11) is -3.40. The van der Waals surface area contributed by atoms with Gasteiger partial charge < -0.3 is 10.2 Å². The molecule has 1 N–H and O–H groups in total. The minimum atomic E-state index is -3.40. The fourth-order valence-corrected chi connectivity index (χ4v) is 5.89. The molecule has 0 aromatic heterocycles. The van der Waals surface area contributed by atoms with Gasteiger partial charge in [0, 0.05) is 49.6 Å². The lowest BCUT2D eigenvalue weighted by molar-refractivity contribution is -0.129. The zero-order valence-electron chi connectivity index (χ0n) is 19.6. The Labute approximate surface area is 202 Å². The molecule has 2 bridgehead atoms. The first-order chi connectivity index (χ1) is 16.3. The van der Waals surface area contributed by atoms with Crippen LogP contribution in [-0.2, 0) is 21.2 Å². The average Bonchev–Trinajstić information content (AvgIpc) is 3.04. The van der Waals surface area contributed by atoms with Crippen molar-refractivity contribution in [1.82, 2.24) is 15.1 Å². The SMILES string of the molecule is CS(=O)(=O)CC(=O)N(CCN1C2CCC1CC(NC(=O)c1ccccc1)C2)Cc1ccccc1. The molecule has 2 fully saturated rings. The van der Waals surface area contributed by atoms with E-state index in [0.717, 1.165) is 37.5 Å². The lowest BCUT2D eigenvalue weighted by Crippen LogP contribution is -2.52. The predicted molar refractivity (Wildman–Crippen MR) is 132 cm³/mol. The summed E-state index contributed by atoms with van der Waals surface area (Å²) in [4.78, 5) is 29.5. The molecule has 7 nitrogen and oxygen atoms in total. The molecule has 2 saturated heterocycles. The lowest BCUT2D eigenvalue weighted by atomic mass is 9.97. The number of hydrogen-bond donors (Lipinski definition) is 1. The van der Waals surface area contributed by atoms with E-state index in [-0.39, 0.29) is 17.9 Å². The number of rotatable bonds is 9. The molecular weight excluding hydrogens is 450 g/mol. The Hall–Kier alpha value is -2.71. The fraction of sp³-hybridized carbons (Fsp3) is 0.462. The molecule has 4 rings (SSSR count). The standard InChI is InChI=1S/C26H33N3O4S/c1-34(32,33)19-25(30)28(18-20-8-4-2-5-9-20)14-15-29-23-12-13-24(29)17-22(16-23)27-26(31)21-10-6-3-7-11-21/h2-11,22-24H,12-19H2,1H3,(H,27,31). The van der Waals surface area contributed by atoms with Crippen LogP contribution in [0.2, 0.25) is 0 Å². The Morgan fingerprint density at radius 2 is 1.56 bits per heavy atom. The summed E-state index contributed by atoms with van der Waals surface area (Å²) in [6, 6.07) is 19.8. The molecule has 2 atom stereocenters. The molecule has 2 aliphatic rings. The highest BCUT2D eigenvalue weighted by Gasteiger charge is 2.41.